The number of carbonyl (C=O) groups is 1. The van der Waals surface area contributed by atoms with E-state index in [0.717, 1.165) is 43.7 Å². The molecule has 4 heterocycles. The number of hydrogen-bond acceptors (Lipinski definition) is 7. The van der Waals surface area contributed by atoms with Crippen molar-refractivity contribution in [1.82, 2.24) is 13.9 Å². The Morgan fingerprint density at radius 3 is 3.07 bits per heavy atom. The Balaban J connectivity index is 1.55. The molecule has 0 aliphatic carbocycles. The Labute approximate surface area is 171 Å². The number of aliphatic hydroxyl groups is 1. The molecule has 1 atom stereocenters. The summed E-state index contributed by atoms with van der Waals surface area (Å²) in [7, 11) is 0. The fourth-order valence-corrected chi connectivity index (χ4v) is 4.82. The summed E-state index contributed by atoms with van der Waals surface area (Å²) in [5.74, 6) is -0.321. The standard InChI is InChI=1S/C18H19ClN6O2S/c19-15-16(23-28-24-7-4-13(26)10-24)14-2-1-6-25(14)17(15)18(27)22-11-3-5-21-12(8-11)9-20/h3,5,8,13,23,26H,1-2,4,6-7,10H2,(H,21,22,27). The van der Waals surface area contributed by atoms with Gasteiger partial charge in [0.15, 0.2) is 0 Å². The lowest BCUT2D eigenvalue weighted by molar-refractivity contribution is 0.101. The van der Waals surface area contributed by atoms with Gasteiger partial charge in [-0.15, -0.1) is 0 Å². The van der Waals surface area contributed by atoms with Crippen LogP contribution in [-0.4, -0.2) is 44.1 Å². The van der Waals surface area contributed by atoms with Gasteiger partial charge >= 0.3 is 0 Å². The first kappa shape index (κ1) is 19.1. The van der Waals surface area contributed by atoms with Gasteiger partial charge in [-0.25, -0.2) is 9.29 Å². The largest absolute Gasteiger partial charge is 0.392 e. The Morgan fingerprint density at radius 2 is 2.32 bits per heavy atom. The molecular weight excluding hydrogens is 400 g/mol. The van der Waals surface area contributed by atoms with Crippen molar-refractivity contribution in [2.45, 2.75) is 31.9 Å². The second-order valence-electron chi connectivity index (χ2n) is 6.76. The zero-order valence-electron chi connectivity index (χ0n) is 15.0. The number of halogens is 1. The number of rotatable bonds is 5. The minimum Gasteiger partial charge on any atom is -0.392 e. The molecule has 2 aromatic rings. The van der Waals surface area contributed by atoms with Crippen molar-refractivity contribution in [2.24, 2.45) is 0 Å². The van der Waals surface area contributed by atoms with Crippen molar-refractivity contribution < 1.29 is 9.90 Å². The SMILES string of the molecule is N#Cc1cc(NC(=O)c2c(Cl)c(NSN3CCC(O)C3)c3n2CCC3)ccn1. The van der Waals surface area contributed by atoms with Gasteiger partial charge in [0.1, 0.15) is 17.5 Å². The monoisotopic (exact) mass is 418 g/mol. The molecule has 2 aliphatic rings. The molecule has 1 unspecified atom stereocenters. The van der Waals surface area contributed by atoms with E-state index in [2.05, 4.69) is 15.0 Å². The van der Waals surface area contributed by atoms with Crippen LogP contribution in [0.3, 0.4) is 0 Å². The number of aromatic nitrogens is 2. The zero-order chi connectivity index (χ0) is 19.7. The van der Waals surface area contributed by atoms with E-state index in [0.29, 0.717) is 22.9 Å². The lowest BCUT2D eigenvalue weighted by Gasteiger charge is -2.15. The number of aliphatic hydroxyl groups excluding tert-OH is 1. The lowest BCUT2D eigenvalue weighted by atomic mass is 10.2. The Bertz CT molecular complexity index is 956. The van der Waals surface area contributed by atoms with Crippen LogP contribution < -0.4 is 10.0 Å². The number of carbonyl (C=O) groups excluding carboxylic acids is 1. The van der Waals surface area contributed by atoms with E-state index in [1.807, 2.05) is 14.9 Å². The average Bonchev–Trinajstić information content (AvgIpc) is 3.37. The van der Waals surface area contributed by atoms with Crippen LogP contribution in [0.1, 0.15) is 34.7 Å². The molecule has 2 aromatic heterocycles. The van der Waals surface area contributed by atoms with Gasteiger partial charge in [-0.3, -0.25) is 4.79 Å². The van der Waals surface area contributed by atoms with Gasteiger partial charge in [0.05, 0.1) is 16.8 Å². The summed E-state index contributed by atoms with van der Waals surface area (Å²) in [5, 5.41) is 21.8. The normalized spacial score (nSPS) is 18.7. The third-order valence-corrected chi connectivity index (χ3v) is 6.11. The highest BCUT2D eigenvalue weighted by Crippen LogP contribution is 2.39. The summed E-state index contributed by atoms with van der Waals surface area (Å²) >= 11 is 8.00. The van der Waals surface area contributed by atoms with Gasteiger partial charge in [-0.05, 0) is 31.4 Å². The highest BCUT2D eigenvalue weighted by atomic mass is 35.5. The van der Waals surface area contributed by atoms with Gasteiger partial charge in [0, 0.05) is 49.3 Å². The minimum absolute atomic E-state index is 0.232. The summed E-state index contributed by atoms with van der Waals surface area (Å²) < 4.78 is 7.27. The molecule has 0 aromatic carbocycles. The molecule has 4 rings (SSSR count). The first-order valence-corrected chi connectivity index (χ1v) is 10.2. The molecule has 0 radical (unpaired) electrons. The molecule has 1 saturated heterocycles. The highest BCUT2D eigenvalue weighted by molar-refractivity contribution is 7.98. The first-order chi connectivity index (χ1) is 13.6. The van der Waals surface area contributed by atoms with Crippen LogP contribution in [-0.2, 0) is 13.0 Å². The maximum absolute atomic E-state index is 12.9. The number of amides is 1. The fourth-order valence-electron chi connectivity index (χ4n) is 3.53. The van der Waals surface area contributed by atoms with Crippen LogP contribution >= 0.6 is 23.7 Å². The molecular formula is C18H19ClN6O2S. The second-order valence-corrected chi connectivity index (χ2v) is 8.04. The van der Waals surface area contributed by atoms with E-state index < -0.39 is 0 Å². The van der Waals surface area contributed by atoms with Crippen molar-refractivity contribution in [3.05, 3.63) is 40.4 Å². The quantitative estimate of drug-likeness (QED) is 0.641. The van der Waals surface area contributed by atoms with Crippen LogP contribution in [0.4, 0.5) is 11.4 Å². The second kappa shape index (κ2) is 8.01. The van der Waals surface area contributed by atoms with E-state index in [4.69, 9.17) is 16.9 Å². The summed E-state index contributed by atoms with van der Waals surface area (Å²) in [6.45, 7) is 2.12. The van der Waals surface area contributed by atoms with Crippen molar-refractivity contribution in [3.63, 3.8) is 0 Å². The van der Waals surface area contributed by atoms with Gasteiger partial charge in [-0.2, -0.15) is 5.26 Å². The predicted molar refractivity (Wildman–Crippen MR) is 108 cm³/mol. The van der Waals surface area contributed by atoms with Crippen molar-refractivity contribution in [3.8, 4) is 6.07 Å². The first-order valence-electron chi connectivity index (χ1n) is 9.01. The van der Waals surface area contributed by atoms with Crippen LogP contribution in [0.5, 0.6) is 0 Å². The fraction of sp³-hybridized carbons (Fsp3) is 0.389. The molecule has 1 fully saturated rings. The van der Waals surface area contributed by atoms with Gasteiger partial charge in [0.25, 0.3) is 5.91 Å². The van der Waals surface area contributed by atoms with Crippen LogP contribution in [0, 0.1) is 11.3 Å². The molecule has 10 heteroatoms. The number of nitriles is 1. The third-order valence-electron chi connectivity index (χ3n) is 4.86. The predicted octanol–water partition coefficient (Wildman–Crippen LogP) is 2.65. The van der Waals surface area contributed by atoms with E-state index in [-0.39, 0.29) is 17.7 Å². The van der Waals surface area contributed by atoms with E-state index in [1.54, 1.807) is 6.07 Å². The maximum atomic E-state index is 12.9. The van der Waals surface area contributed by atoms with Crippen molar-refractivity contribution in [2.75, 3.05) is 23.1 Å². The number of hydrogen-bond donors (Lipinski definition) is 3. The summed E-state index contributed by atoms with van der Waals surface area (Å²) in [4.78, 5) is 16.8. The zero-order valence-corrected chi connectivity index (χ0v) is 16.6. The Hall–Kier alpha value is -2.25. The molecule has 28 heavy (non-hydrogen) atoms. The van der Waals surface area contributed by atoms with Crippen LogP contribution in [0.25, 0.3) is 0 Å². The Morgan fingerprint density at radius 1 is 1.46 bits per heavy atom. The molecule has 0 spiro atoms. The van der Waals surface area contributed by atoms with E-state index >= 15 is 0 Å². The van der Waals surface area contributed by atoms with Gasteiger partial charge in [0.2, 0.25) is 0 Å². The van der Waals surface area contributed by atoms with Gasteiger partial charge < -0.3 is 19.7 Å². The van der Waals surface area contributed by atoms with Crippen LogP contribution in [0.15, 0.2) is 18.3 Å². The number of anilines is 2. The van der Waals surface area contributed by atoms with E-state index in [9.17, 15) is 9.90 Å². The van der Waals surface area contributed by atoms with E-state index in [1.165, 1.54) is 24.4 Å². The molecule has 8 nitrogen and oxygen atoms in total. The summed E-state index contributed by atoms with van der Waals surface area (Å²) in [5.41, 5.74) is 2.90. The minimum atomic E-state index is -0.321. The number of nitrogens with one attached hydrogen (secondary N) is 2. The molecule has 3 N–H and O–H groups in total. The third kappa shape index (κ3) is 3.69. The molecule has 0 bridgehead atoms. The molecule has 1 amide bonds. The number of pyridine rings is 1. The van der Waals surface area contributed by atoms with Crippen molar-refractivity contribution in [1.29, 1.82) is 5.26 Å². The van der Waals surface area contributed by atoms with Gasteiger partial charge in [-0.1, -0.05) is 11.6 Å². The average molecular weight is 419 g/mol. The van der Waals surface area contributed by atoms with Crippen LogP contribution in [0.2, 0.25) is 5.02 Å². The maximum Gasteiger partial charge on any atom is 0.273 e. The molecule has 146 valence electrons. The number of nitrogens with zero attached hydrogens (tertiary/aromatic N) is 4. The number of fused-ring (bicyclic) bond motifs is 1. The lowest BCUT2D eigenvalue weighted by Crippen LogP contribution is -2.17. The summed E-state index contributed by atoms with van der Waals surface area (Å²) in [6.07, 6.45) is 3.71. The molecule has 2 aliphatic heterocycles. The summed E-state index contributed by atoms with van der Waals surface area (Å²) in [6, 6.07) is 5.11. The topological polar surface area (TPSA) is 106 Å². The smallest absolute Gasteiger partial charge is 0.273 e. The molecule has 0 saturated carbocycles. The number of β-amino-alcohol motifs (C(OH)–C–C–N with tert-alkyl or cyclic N) is 1. The highest BCUT2D eigenvalue weighted by Gasteiger charge is 2.30. The van der Waals surface area contributed by atoms with Crippen molar-refractivity contribution >= 4 is 41.0 Å². The Kier molecular flexibility index (Phi) is 5.46.